The van der Waals surface area contributed by atoms with Gasteiger partial charge in [-0.15, -0.1) is 11.3 Å². The lowest BCUT2D eigenvalue weighted by molar-refractivity contribution is 0.0701. The smallest absolute Gasteiger partial charge is 0.346 e. The highest BCUT2D eigenvalue weighted by Crippen LogP contribution is 2.28. The molecule has 154 valence electrons. The van der Waals surface area contributed by atoms with Crippen molar-refractivity contribution >= 4 is 27.5 Å². The first-order valence-electron chi connectivity index (χ1n) is 9.36. The zero-order valence-corrected chi connectivity index (χ0v) is 17.6. The third-order valence-corrected chi connectivity index (χ3v) is 5.69. The molecule has 0 aliphatic heterocycles. The molecule has 0 radical (unpaired) electrons. The number of H-pyrrole nitrogens is 1. The second kappa shape index (κ2) is 8.20. The summed E-state index contributed by atoms with van der Waals surface area (Å²) in [5.41, 5.74) is 0.374. The number of hydrogen-bond donors (Lipinski definition) is 2. The molecule has 8 nitrogen and oxygen atoms in total. The van der Waals surface area contributed by atoms with Crippen LogP contribution in [0.1, 0.15) is 59.9 Å². The van der Waals surface area contributed by atoms with E-state index in [1.54, 1.807) is 6.92 Å². The van der Waals surface area contributed by atoms with Gasteiger partial charge >= 0.3 is 5.97 Å². The van der Waals surface area contributed by atoms with Gasteiger partial charge in [-0.3, -0.25) is 14.2 Å². The van der Waals surface area contributed by atoms with E-state index in [1.807, 2.05) is 20.8 Å². The van der Waals surface area contributed by atoms with Crippen molar-refractivity contribution in [1.29, 1.82) is 0 Å². The zero-order valence-electron chi connectivity index (χ0n) is 16.7. The SMILES string of the molecule is CCCOc1c[nH]c(Cn2c(C(C)C)nc3sc(C(=O)O)c(C)c3c2=O)cc1=O. The molecule has 3 heterocycles. The first kappa shape index (κ1) is 20.8. The lowest BCUT2D eigenvalue weighted by Gasteiger charge is -2.15. The summed E-state index contributed by atoms with van der Waals surface area (Å²) >= 11 is 1.01. The largest absolute Gasteiger partial charge is 0.488 e. The number of aryl methyl sites for hydroxylation is 1. The van der Waals surface area contributed by atoms with Crippen LogP contribution in [0.5, 0.6) is 5.75 Å². The highest BCUT2D eigenvalue weighted by Gasteiger charge is 2.22. The normalized spacial score (nSPS) is 11.3. The summed E-state index contributed by atoms with van der Waals surface area (Å²) in [5, 5.41) is 9.69. The minimum absolute atomic E-state index is 0.0679. The van der Waals surface area contributed by atoms with Gasteiger partial charge in [0.1, 0.15) is 15.5 Å². The first-order chi connectivity index (χ1) is 13.7. The predicted octanol–water partition coefficient (Wildman–Crippen LogP) is 3.11. The quantitative estimate of drug-likeness (QED) is 0.610. The van der Waals surface area contributed by atoms with Crippen LogP contribution in [0.3, 0.4) is 0 Å². The Labute approximate surface area is 170 Å². The van der Waals surface area contributed by atoms with Crippen molar-refractivity contribution in [2.45, 2.75) is 46.6 Å². The molecule has 0 saturated carbocycles. The van der Waals surface area contributed by atoms with Crippen LogP contribution in [-0.4, -0.2) is 32.2 Å². The number of ether oxygens (including phenoxy) is 1. The first-order valence-corrected chi connectivity index (χ1v) is 10.2. The lowest BCUT2D eigenvalue weighted by Crippen LogP contribution is -2.27. The monoisotopic (exact) mass is 417 g/mol. The highest BCUT2D eigenvalue weighted by atomic mass is 32.1. The van der Waals surface area contributed by atoms with Gasteiger partial charge in [0.25, 0.3) is 5.56 Å². The molecule has 29 heavy (non-hydrogen) atoms. The third kappa shape index (κ3) is 3.95. The summed E-state index contributed by atoms with van der Waals surface area (Å²) in [7, 11) is 0. The van der Waals surface area contributed by atoms with Crippen molar-refractivity contribution in [1.82, 2.24) is 14.5 Å². The van der Waals surface area contributed by atoms with Gasteiger partial charge in [0.2, 0.25) is 5.43 Å². The number of aromatic carboxylic acids is 1. The van der Waals surface area contributed by atoms with Gasteiger partial charge in [0, 0.05) is 23.9 Å². The molecule has 0 aliphatic rings. The maximum Gasteiger partial charge on any atom is 0.346 e. The van der Waals surface area contributed by atoms with Crippen molar-refractivity contribution in [3.05, 3.63) is 54.8 Å². The Morgan fingerprint density at radius 1 is 1.38 bits per heavy atom. The Kier molecular flexibility index (Phi) is 5.88. The number of fused-ring (bicyclic) bond motifs is 1. The summed E-state index contributed by atoms with van der Waals surface area (Å²) in [6.45, 7) is 7.96. The number of carboxylic acids is 1. The summed E-state index contributed by atoms with van der Waals surface area (Å²) in [5.74, 6) is -0.371. The summed E-state index contributed by atoms with van der Waals surface area (Å²) in [6.07, 6.45) is 2.29. The molecule has 0 amide bonds. The number of aromatic amines is 1. The van der Waals surface area contributed by atoms with E-state index in [2.05, 4.69) is 9.97 Å². The van der Waals surface area contributed by atoms with Gasteiger partial charge in [-0.2, -0.15) is 0 Å². The van der Waals surface area contributed by atoms with Crippen LogP contribution in [0.2, 0.25) is 0 Å². The van der Waals surface area contributed by atoms with Crippen molar-refractivity contribution in [2.24, 2.45) is 0 Å². The third-order valence-electron chi connectivity index (χ3n) is 4.52. The van der Waals surface area contributed by atoms with Crippen LogP contribution in [0.25, 0.3) is 10.2 Å². The minimum Gasteiger partial charge on any atom is -0.488 e. The Balaban J connectivity index is 2.12. The summed E-state index contributed by atoms with van der Waals surface area (Å²) in [6, 6.07) is 1.41. The fraction of sp³-hybridized carbons (Fsp3) is 0.400. The number of hydrogen-bond acceptors (Lipinski definition) is 6. The van der Waals surface area contributed by atoms with Gasteiger partial charge in [-0.1, -0.05) is 20.8 Å². The minimum atomic E-state index is -1.07. The molecule has 0 aromatic carbocycles. The summed E-state index contributed by atoms with van der Waals surface area (Å²) in [4.78, 5) is 45.1. The fourth-order valence-electron chi connectivity index (χ4n) is 3.12. The van der Waals surface area contributed by atoms with Crippen LogP contribution in [0.15, 0.2) is 21.9 Å². The Hall–Kier alpha value is -2.94. The van der Waals surface area contributed by atoms with E-state index in [0.717, 1.165) is 17.8 Å². The Morgan fingerprint density at radius 2 is 2.10 bits per heavy atom. The van der Waals surface area contributed by atoms with Crippen LogP contribution in [0.4, 0.5) is 0 Å². The van der Waals surface area contributed by atoms with Gasteiger partial charge in [0.15, 0.2) is 5.75 Å². The number of nitrogens with one attached hydrogen (secondary N) is 1. The van der Waals surface area contributed by atoms with E-state index < -0.39 is 5.97 Å². The zero-order chi connectivity index (χ0) is 21.3. The Morgan fingerprint density at radius 3 is 2.69 bits per heavy atom. The van der Waals surface area contributed by atoms with E-state index in [4.69, 9.17) is 4.74 Å². The molecule has 0 aliphatic carbocycles. The highest BCUT2D eigenvalue weighted by molar-refractivity contribution is 7.20. The number of thiophene rings is 1. The molecule has 3 aromatic rings. The van der Waals surface area contributed by atoms with Gasteiger partial charge < -0.3 is 14.8 Å². The van der Waals surface area contributed by atoms with Gasteiger partial charge in [-0.05, 0) is 18.9 Å². The number of nitrogens with zero attached hydrogens (tertiary/aromatic N) is 2. The molecular formula is C20H23N3O5S. The second-order valence-electron chi connectivity index (χ2n) is 7.09. The molecular weight excluding hydrogens is 394 g/mol. The molecule has 0 atom stereocenters. The molecule has 2 N–H and O–H groups in total. The van der Waals surface area contributed by atoms with Gasteiger partial charge in [-0.25, -0.2) is 9.78 Å². The maximum atomic E-state index is 13.2. The second-order valence-corrected chi connectivity index (χ2v) is 8.09. The van der Waals surface area contributed by atoms with Crippen molar-refractivity contribution in [3.63, 3.8) is 0 Å². The number of carboxylic acid groups (broad SMARTS) is 1. The molecule has 0 spiro atoms. The number of pyridine rings is 1. The van der Waals surface area contributed by atoms with Crippen LogP contribution >= 0.6 is 11.3 Å². The van der Waals surface area contributed by atoms with E-state index in [0.29, 0.717) is 33.9 Å². The van der Waals surface area contributed by atoms with Crippen molar-refractivity contribution in [2.75, 3.05) is 6.61 Å². The standard InChI is InChI=1S/C20H23N3O5S/c1-5-6-28-14-8-21-12(7-13(14)24)9-23-17(10(2)3)22-18-15(19(23)25)11(4)16(29-18)20(26)27/h7-8,10H,5-6,9H2,1-4H3,(H,21,24)(H,26,27). The van der Waals surface area contributed by atoms with Crippen LogP contribution in [-0.2, 0) is 6.54 Å². The average molecular weight is 417 g/mol. The van der Waals surface area contributed by atoms with E-state index in [1.165, 1.54) is 16.8 Å². The van der Waals surface area contributed by atoms with E-state index in [-0.39, 0.29) is 34.1 Å². The van der Waals surface area contributed by atoms with E-state index in [9.17, 15) is 19.5 Å². The number of carbonyl (C=O) groups is 1. The lowest BCUT2D eigenvalue weighted by atomic mass is 10.1. The molecule has 9 heteroatoms. The topological polar surface area (TPSA) is 114 Å². The number of rotatable bonds is 7. The molecule has 0 unspecified atom stereocenters. The predicted molar refractivity (Wildman–Crippen MR) is 112 cm³/mol. The fourth-order valence-corrected chi connectivity index (χ4v) is 4.13. The van der Waals surface area contributed by atoms with E-state index >= 15 is 0 Å². The molecule has 0 bridgehead atoms. The average Bonchev–Trinajstić information content (AvgIpc) is 3.00. The Bertz CT molecular complexity index is 1190. The number of aromatic nitrogens is 3. The molecule has 3 aromatic heterocycles. The van der Waals surface area contributed by atoms with Crippen molar-refractivity contribution < 1.29 is 14.6 Å². The van der Waals surface area contributed by atoms with Gasteiger partial charge in [0.05, 0.1) is 18.5 Å². The summed E-state index contributed by atoms with van der Waals surface area (Å²) < 4.78 is 6.89. The van der Waals surface area contributed by atoms with Crippen LogP contribution < -0.4 is 15.7 Å². The van der Waals surface area contributed by atoms with Crippen LogP contribution in [0, 0.1) is 6.92 Å². The molecule has 0 saturated heterocycles. The van der Waals surface area contributed by atoms with Crippen molar-refractivity contribution in [3.8, 4) is 5.75 Å². The maximum absolute atomic E-state index is 13.2. The molecule has 0 fully saturated rings. The molecule has 3 rings (SSSR count).